The zero-order valence-corrected chi connectivity index (χ0v) is 9.67. The number of hydrogen-bond donors (Lipinski definition) is 0. The third-order valence-electron chi connectivity index (χ3n) is 4.01. The van der Waals surface area contributed by atoms with Gasteiger partial charge in [-0.3, -0.25) is 0 Å². The Kier molecular flexibility index (Phi) is 3.48. The van der Waals surface area contributed by atoms with E-state index in [0.29, 0.717) is 0 Å². The van der Waals surface area contributed by atoms with Crippen LogP contribution >= 0.6 is 0 Å². The molecule has 1 heteroatoms. The van der Waals surface area contributed by atoms with Crippen LogP contribution in [-0.4, -0.2) is 13.2 Å². The first-order valence-corrected chi connectivity index (χ1v) is 6.33. The molecule has 1 nitrogen and oxygen atoms in total. The highest BCUT2D eigenvalue weighted by atomic mass is 16.5. The normalized spacial score (nSPS) is 38.4. The van der Waals surface area contributed by atoms with Crippen molar-refractivity contribution in [3.05, 3.63) is 0 Å². The Balaban J connectivity index is 1.85. The van der Waals surface area contributed by atoms with Crippen LogP contribution in [0.2, 0.25) is 0 Å². The van der Waals surface area contributed by atoms with E-state index in [2.05, 4.69) is 13.8 Å². The van der Waals surface area contributed by atoms with Gasteiger partial charge in [0.25, 0.3) is 0 Å². The van der Waals surface area contributed by atoms with Crippen molar-refractivity contribution in [2.75, 3.05) is 13.2 Å². The lowest BCUT2D eigenvalue weighted by Crippen LogP contribution is -2.06. The van der Waals surface area contributed by atoms with Gasteiger partial charge in [-0.25, -0.2) is 0 Å². The predicted octanol–water partition coefficient (Wildman–Crippen LogP) is 3.49. The average molecular weight is 196 g/mol. The van der Waals surface area contributed by atoms with Gasteiger partial charge in [-0.2, -0.15) is 0 Å². The van der Waals surface area contributed by atoms with Crippen molar-refractivity contribution in [3.8, 4) is 0 Å². The molecular weight excluding hydrogens is 172 g/mol. The number of ether oxygens (including phenoxy) is 1. The van der Waals surface area contributed by atoms with Gasteiger partial charge in [0.15, 0.2) is 0 Å². The van der Waals surface area contributed by atoms with Crippen molar-refractivity contribution in [2.24, 2.45) is 23.7 Å². The summed E-state index contributed by atoms with van der Waals surface area (Å²) in [7, 11) is 0. The zero-order valence-electron chi connectivity index (χ0n) is 9.67. The van der Waals surface area contributed by atoms with Gasteiger partial charge in [0.1, 0.15) is 0 Å². The lowest BCUT2D eigenvalue weighted by atomic mass is 9.92. The molecule has 0 spiro atoms. The van der Waals surface area contributed by atoms with Crippen LogP contribution in [0.3, 0.4) is 0 Å². The molecule has 1 aliphatic carbocycles. The molecule has 1 saturated carbocycles. The van der Waals surface area contributed by atoms with Crippen molar-refractivity contribution in [3.63, 3.8) is 0 Å². The summed E-state index contributed by atoms with van der Waals surface area (Å²) >= 11 is 0. The maximum atomic E-state index is 5.55. The fraction of sp³-hybridized carbons (Fsp3) is 1.00. The highest BCUT2D eigenvalue weighted by Gasteiger charge is 2.34. The average Bonchev–Trinajstić information content (AvgIpc) is 2.34. The minimum Gasteiger partial charge on any atom is -0.381 e. The molecular formula is C13H24O. The lowest BCUT2D eigenvalue weighted by Gasteiger charge is -2.13. The van der Waals surface area contributed by atoms with Gasteiger partial charge < -0.3 is 4.74 Å². The highest BCUT2D eigenvalue weighted by molar-refractivity contribution is 4.85. The lowest BCUT2D eigenvalue weighted by molar-refractivity contribution is 0.137. The first-order chi connectivity index (χ1) is 6.75. The van der Waals surface area contributed by atoms with Crippen LogP contribution in [0.4, 0.5) is 0 Å². The SMILES string of the molecule is CC(C)CC1CC2CCOCCC2C1. The van der Waals surface area contributed by atoms with Crippen molar-refractivity contribution in [1.82, 2.24) is 0 Å². The Morgan fingerprint density at radius 3 is 2.14 bits per heavy atom. The summed E-state index contributed by atoms with van der Waals surface area (Å²) in [6, 6.07) is 0. The smallest absolute Gasteiger partial charge is 0.0468 e. The summed E-state index contributed by atoms with van der Waals surface area (Å²) in [6.45, 7) is 6.76. The molecule has 1 saturated heterocycles. The van der Waals surface area contributed by atoms with Crippen molar-refractivity contribution in [2.45, 2.75) is 46.0 Å². The Hall–Kier alpha value is -0.0400. The molecule has 2 rings (SSSR count). The summed E-state index contributed by atoms with van der Waals surface area (Å²) in [5.41, 5.74) is 0. The molecule has 2 unspecified atom stereocenters. The summed E-state index contributed by atoms with van der Waals surface area (Å²) in [5.74, 6) is 3.92. The zero-order chi connectivity index (χ0) is 9.97. The quantitative estimate of drug-likeness (QED) is 0.657. The van der Waals surface area contributed by atoms with Crippen molar-refractivity contribution < 1.29 is 4.74 Å². The molecule has 14 heavy (non-hydrogen) atoms. The van der Waals surface area contributed by atoms with Gasteiger partial charge in [-0.1, -0.05) is 13.8 Å². The van der Waals surface area contributed by atoms with E-state index in [1.165, 1.54) is 32.1 Å². The van der Waals surface area contributed by atoms with E-state index in [1.807, 2.05) is 0 Å². The van der Waals surface area contributed by atoms with Crippen LogP contribution in [-0.2, 0) is 4.74 Å². The van der Waals surface area contributed by atoms with Gasteiger partial charge in [-0.05, 0) is 55.8 Å². The largest absolute Gasteiger partial charge is 0.381 e. The van der Waals surface area contributed by atoms with Crippen LogP contribution in [0.25, 0.3) is 0 Å². The Morgan fingerprint density at radius 1 is 1.07 bits per heavy atom. The number of fused-ring (bicyclic) bond motifs is 1. The van der Waals surface area contributed by atoms with E-state index < -0.39 is 0 Å². The molecule has 0 N–H and O–H groups in total. The third-order valence-corrected chi connectivity index (χ3v) is 4.01. The van der Waals surface area contributed by atoms with E-state index in [-0.39, 0.29) is 0 Å². The van der Waals surface area contributed by atoms with Crippen LogP contribution in [0.1, 0.15) is 46.0 Å². The van der Waals surface area contributed by atoms with Crippen LogP contribution < -0.4 is 0 Å². The van der Waals surface area contributed by atoms with Gasteiger partial charge in [0, 0.05) is 13.2 Å². The maximum Gasteiger partial charge on any atom is 0.0468 e. The molecule has 1 heterocycles. The summed E-state index contributed by atoms with van der Waals surface area (Å²) in [5, 5.41) is 0. The third kappa shape index (κ3) is 2.50. The van der Waals surface area contributed by atoms with Gasteiger partial charge >= 0.3 is 0 Å². The summed E-state index contributed by atoms with van der Waals surface area (Å²) in [6.07, 6.45) is 7.10. The molecule has 82 valence electrons. The van der Waals surface area contributed by atoms with E-state index in [0.717, 1.165) is 36.9 Å². The van der Waals surface area contributed by atoms with E-state index in [4.69, 9.17) is 4.74 Å². The fourth-order valence-electron chi connectivity index (χ4n) is 3.48. The fourth-order valence-corrected chi connectivity index (χ4v) is 3.48. The van der Waals surface area contributed by atoms with Crippen molar-refractivity contribution in [1.29, 1.82) is 0 Å². The Morgan fingerprint density at radius 2 is 1.64 bits per heavy atom. The Labute approximate surface area is 88.2 Å². The topological polar surface area (TPSA) is 9.23 Å². The molecule has 2 aliphatic rings. The molecule has 0 aromatic heterocycles. The van der Waals surface area contributed by atoms with Crippen LogP contribution in [0.15, 0.2) is 0 Å². The van der Waals surface area contributed by atoms with Crippen molar-refractivity contribution >= 4 is 0 Å². The van der Waals surface area contributed by atoms with Crippen LogP contribution in [0, 0.1) is 23.7 Å². The molecule has 0 aromatic carbocycles. The molecule has 0 bridgehead atoms. The molecule has 0 radical (unpaired) electrons. The second kappa shape index (κ2) is 4.65. The molecule has 0 amide bonds. The number of rotatable bonds is 2. The first-order valence-electron chi connectivity index (χ1n) is 6.33. The summed E-state index contributed by atoms with van der Waals surface area (Å²) < 4.78 is 5.55. The Bertz CT molecular complexity index is 162. The molecule has 0 aromatic rings. The highest BCUT2D eigenvalue weighted by Crippen LogP contribution is 2.43. The number of hydrogen-bond acceptors (Lipinski definition) is 1. The van der Waals surface area contributed by atoms with Gasteiger partial charge in [0.05, 0.1) is 0 Å². The standard InChI is InChI=1S/C13H24O/c1-10(2)7-11-8-12-3-5-14-6-4-13(12)9-11/h10-13H,3-9H2,1-2H3. The minimum atomic E-state index is 0.888. The monoisotopic (exact) mass is 196 g/mol. The molecule has 2 atom stereocenters. The van der Waals surface area contributed by atoms with E-state index in [1.54, 1.807) is 0 Å². The molecule has 2 fully saturated rings. The van der Waals surface area contributed by atoms with Gasteiger partial charge in [0.2, 0.25) is 0 Å². The van der Waals surface area contributed by atoms with E-state index >= 15 is 0 Å². The van der Waals surface area contributed by atoms with Crippen LogP contribution in [0.5, 0.6) is 0 Å². The first kappa shape index (κ1) is 10.5. The van der Waals surface area contributed by atoms with Gasteiger partial charge in [-0.15, -0.1) is 0 Å². The summed E-state index contributed by atoms with van der Waals surface area (Å²) in [4.78, 5) is 0. The predicted molar refractivity (Wildman–Crippen MR) is 59.2 cm³/mol. The maximum absolute atomic E-state index is 5.55. The minimum absolute atomic E-state index is 0.888. The second-order valence-electron chi connectivity index (χ2n) is 5.68. The van der Waals surface area contributed by atoms with E-state index in [9.17, 15) is 0 Å². The molecule has 1 aliphatic heterocycles. The second-order valence-corrected chi connectivity index (χ2v) is 5.68.